The Kier molecular flexibility index (Phi) is 4.67. The number of nitrogens with one attached hydrogen (secondary N) is 1. The van der Waals surface area contributed by atoms with Crippen molar-refractivity contribution in [3.8, 4) is 16.9 Å². The molecule has 2 fully saturated rings. The van der Waals surface area contributed by atoms with Crippen LogP contribution < -0.4 is 4.74 Å². The molecule has 5 nitrogen and oxygen atoms in total. The third kappa shape index (κ3) is 3.30. The van der Waals surface area contributed by atoms with Crippen LogP contribution in [0.25, 0.3) is 22.2 Å². The monoisotopic (exact) mass is 435 g/mol. The number of halogens is 1. The zero-order valence-corrected chi connectivity index (χ0v) is 18.2. The maximum Gasteiger partial charge on any atom is 0.264 e. The van der Waals surface area contributed by atoms with Crippen LogP contribution in [0.2, 0.25) is 5.02 Å². The molecule has 31 heavy (non-hydrogen) atoms. The minimum atomic E-state index is -0.462. The maximum atomic E-state index is 13.4. The number of carbonyl (C=O) groups is 1. The van der Waals surface area contributed by atoms with Gasteiger partial charge in [-0.3, -0.25) is 4.79 Å². The van der Waals surface area contributed by atoms with Gasteiger partial charge in [0.25, 0.3) is 5.91 Å². The summed E-state index contributed by atoms with van der Waals surface area (Å²) in [6.45, 7) is 1.74. The zero-order valence-electron chi connectivity index (χ0n) is 17.4. The van der Waals surface area contributed by atoms with Gasteiger partial charge in [0.05, 0.1) is 0 Å². The van der Waals surface area contributed by atoms with Crippen molar-refractivity contribution in [1.29, 1.82) is 0 Å². The van der Waals surface area contributed by atoms with Crippen molar-refractivity contribution in [3.63, 3.8) is 0 Å². The second kappa shape index (κ2) is 7.56. The van der Waals surface area contributed by atoms with E-state index in [1.165, 1.54) is 25.7 Å². The molecule has 1 aromatic carbocycles. The molecule has 1 N–H and O–H groups in total. The summed E-state index contributed by atoms with van der Waals surface area (Å²) in [7, 11) is 0. The Bertz CT molecular complexity index is 1150. The van der Waals surface area contributed by atoms with E-state index in [0.29, 0.717) is 17.4 Å². The van der Waals surface area contributed by atoms with Crippen molar-refractivity contribution in [1.82, 2.24) is 14.9 Å². The molecule has 2 aliphatic heterocycles. The number of aromatic nitrogens is 2. The highest BCUT2D eigenvalue weighted by atomic mass is 35.5. The first-order chi connectivity index (χ1) is 15.2. The molecule has 2 atom stereocenters. The molecule has 3 aliphatic rings. The predicted molar refractivity (Wildman–Crippen MR) is 121 cm³/mol. The van der Waals surface area contributed by atoms with Gasteiger partial charge in [0.2, 0.25) is 0 Å². The molecule has 0 radical (unpaired) electrons. The van der Waals surface area contributed by atoms with Crippen molar-refractivity contribution in [3.05, 3.63) is 47.2 Å². The number of H-pyrrole nitrogens is 1. The largest absolute Gasteiger partial charge is 0.479 e. The van der Waals surface area contributed by atoms with Crippen LogP contribution >= 0.6 is 11.6 Å². The fourth-order valence-corrected chi connectivity index (χ4v) is 5.81. The van der Waals surface area contributed by atoms with Crippen LogP contribution in [0, 0.1) is 11.8 Å². The number of nitrogens with zero attached hydrogens (tertiary/aromatic N) is 2. The minimum Gasteiger partial charge on any atom is -0.479 e. The number of carbonyl (C=O) groups excluding carboxylic acids is 1. The summed E-state index contributed by atoms with van der Waals surface area (Å²) < 4.78 is 6.34. The molecule has 2 aromatic heterocycles. The number of likely N-dealkylation sites (tertiary alicyclic amines) is 1. The van der Waals surface area contributed by atoms with E-state index in [4.69, 9.17) is 16.3 Å². The van der Waals surface area contributed by atoms with Crippen molar-refractivity contribution in [2.45, 2.75) is 44.6 Å². The highest BCUT2D eigenvalue weighted by molar-refractivity contribution is 6.31. The van der Waals surface area contributed by atoms with Gasteiger partial charge in [-0.2, -0.15) is 0 Å². The first-order valence-electron chi connectivity index (χ1n) is 11.4. The summed E-state index contributed by atoms with van der Waals surface area (Å²) in [5.74, 6) is 2.39. The van der Waals surface area contributed by atoms with Crippen LogP contribution in [0.3, 0.4) is 0 Å². The molecule has 0 spiro atoms. The van der Waals surface area contributed by atoms with Gasteiger partial charge in [-0.25, -0.2) is 4.98 Å². The summed E-state index contributed by atoms with van der Waals surface area (Å²) >= 11 is 6.48. The summed E-state index contributed by atoms with van der Waals surface area (Å²) in [5, 5.41) is 1.68. The van der Waals surface area contributed by atoms with E-state index in [-0.39, 0.29) is 5.91 Å². The number of amides is 1. The second-order valence-electron chi connectivity index (χ2n) is 9.23. The Balaban J connectivity index is 1.28. The van der Waals surface area contributed by atoms with Crippen LogP contribution in [-0.4, -0.2) is 40.0 Å². The molecular formula is C25H26ClN3O2. The lowest BCUT2D eigenvalue weighted by Gasteiger charge is -2.41. The summed E-state index contributed by atoms with van der Waals surface area (Å²) in [4.78, 5) is 23.0. The molecule has 1 amide bonds. The van der Waals surface area contributed by atoms with Gasteiger partial charge < -0.3 is 14.6 Å². The molecule has 4 heterocycles. The molecule has 1 aliphatic carbocycles. The topological polar surface area (TPSA) is 58.2 Å². The van der Waals surface area contributed by atoms with Gasteiger partial charge in [-0.15, -0.1) is 0 Å². The Morgan fingerprint density at radius 3 is 2.84 bits per heavy atom. The molecule has 3 aromatic rings. The average molecular weight is 436 g/mol. The Labute approximate surface area is 186 Å². The molecule has 1 saturated carbocycles. The van der Waals surface area contributed by atoms with Crippen molar-refractivity contribution >= 4 is 28.5 Å². The molecule has 6 rings (SSSR count). The number of fused-ring (bicyclic) bond motifs is 2. The number of benzene rings is 1. The number of rotatable bonds is 3. The van der Waals surface area contributed by atoms with Gasteiger partial charge in [0, 0.05) is 53.4 Å². The summed E-state index contributed by atoms with van der Waals surface area (Å²) in [6.07, 6.45) is 10.2. The van der Waals surface area contributed by atoms with E-state index in [0.717, 1.165) is 58.9 Å². The number of pyridine rings is 1. The van der Waals surface area contributed by atoms with Gasteiger partial charge >= 0.3 is 0 Å². The standard InChI is InChI=1S/C25H26ClN3O2/c26-18-11-17-12-22(25(30)29-10-2-5-16(14-29)15-3-1-4-15)31-23(17)21(13-18)19-6-8-27-24-20(19)7-9-28-24/h6-9,11,13,15-16,22H,1-5,10,12,14H2,(H,27,28). The fourth-order valence-electron chi connectivity index (χ4n) is 5.57. The molecule has 160 valence electrons. The number of aromatic amines is 1. The van der Waals surface area contributed by atoms with Gasteiger partial charge in [0.1, 0.15) is 11.4 Å². The highest BCUT2D eigenvalue weighted by Gasteiger charge is 2.38. The van der Waals surface area contributed by atoms with Gasteiger partial charge in [0.15, 0.2) is 6.10 Å². The van der Waals surface area contributed by atoms with E-state index >= 15 is 0 Å². The molecule has 2 unspecified atom stereocenters. The average Bonchev–Trinajstić information content (AvgIpc) is 3.38. The second-order valence-corrected chi connectivity index (χ2v) is 9.66. The number of hydrogen-bond acceptors (Lipinski definition) is 3. The first kappa shape index (κ1) is 19.2. The summed E-state index contributed by atoms with van der Waals surface area (Å²) in [5.41, 5.74) is 3.78. The third-order valence-electron chi connectivity index (χ3n) is 7.41. The molecule has 6 heteroatoms. The minimum absolute atomic E-state index is 0.129. The lowest BCUT2D eigenvalue weighted by Crippen LogP contribution is -2.48. The quantitative estimate of drug-likeness (QED) is 0.613. The predicted octanol–water partition coefficient (Wildman–Crippen LogP) is 5.23. The lowest BCUT2D eigenvalue weighted by atomic mass is 9.73. The van der Waals surface area contributed by atoms with E-state index in [1.807, 2.05) is 30.5 Å². The van der Waals surface area contributed by atoms with Crippen molar-refractivity contribution in [2.75, 3.05) is 13.1 Å². The van der Waals surface area contributed by atoms with Crippen LogP contribution in [0.5, 0.6) is 5.75 Å². The Hall–Kier alpha value is -2.53. The van der Waals surface area contributed by atoms with Crippen LogP contribution in [-0.2, 0) is 11.2 Å². The zero-order chi connectivity index (χ0) is 20.9. The fraction of sp³-hybridized carbons (Fsp3) is 0.440. The van der Waals surface area contributed by atoms with E-state index in [2.05, 4.69) is 14.9 Å². The van der Waals surface area contributed by atoms with E-state index in [9.17, 15) is 4.79 Å². The molecule has 1 saturated heterocycles. The number of hydrogen-bond donors (Lipinski definition) is 1. The lowest BCUT2D eigenvalue weighted by molar-refractivity contribution is -0.140. The smallest absolute Gasteiger partial charge is 0.264 e. The van der Waals surface area contributed by atoms with Crippen LogP contribution in [0.4, 0.5) is 0 Å². The Morgan fingerprint density at radius 1 is 1.13 bits per heavy atom. The first-order valence-corrected chi connectivity index (χ1v) is 11.8. The maximum absolute atomic E-state index is 13.4. The van der Waals surface area contributed by atoms with Crippen LogP contribution in [0.15, 0.2) is 36.7 Å². The number of ether oxygens (including phenoxy) is 1. The Morgan fingerprint density at radius 2 is 2.00 bits per heavy atom. The van der Waals surface area contributed by atoms with E-state index in [1.54, 1.807) is 6.20 Å². The molecule has 0 bridgehead atoms. The van der Waals surface area contributed by atoms with Gasteiger partial charge in [-0.05, 0) is 54.5 Å². The summed E-state index contributed by atoms with van der Waals surface area (Å²) in [6, 6.07) is 7.87. The van der Waals surface area contributed by atoms with E-state index < -0.39 is 6.10 Å². The normalized spacial score (nSPS) is 23.5. The van der Waals surface area contributed by atoms with Crippen molar-refractivity contribution < 1.29 is 9.53 Å². The van der Waals surface area contributed by atoms with Crippen LogP contribution in [0.1, 0.15) is 37.7 Å². The highest BCUT2D eigenvalue weighted by Crippen LogP contribution is 2.44. The van der Waals surface area contributed by atoms with Crippen molar-refractivity contribution in [2.24, 2.45) is 11.8 Å². The van der Waals surface area contributed by atoms with Gasteiger partial charge in [-0.1, -0.05) is 30.9 Å². The number of piperidine rings is 1. The molecular weight excluding hydrogens is 410 g/mol. The SMILES string of the molecule is O=C(C1Cc2cc(Cl)cc(-c3ccnc4[nH]ccc34)c2O1)N1CCCC(C2CCC2)C1. The third-order valence-corrected chi connectivity index (χ3v) is 7.63.